The molecule has 51 heavy (non-hydrogen) atoms. The summed E-state index contributed by atoms with van der Waals surface area (Å²) in [5.41, 5.74) is 10.1. The summed E-state index contributed by atoms with van der Waals surface area (Å²) in [4.78, 5) is 19.5. The lowest BCUT2D eigenvalue weighted by Gasteiger charge is -2.22. The first-order chi connectivity index (χ1) is 25.0. The number of nitrogens with zero attached hydrogens (tertiary/aromatic N) is 4. The average molecular weight is 653 g/mol. The molecule has 7 aromatic carbocycles. The second-order valence-electron chi connectivity index (χ2n) is 13.9. The summed E-state index contributed by atoms with van der Waals surface area (Å²) < 4.78 is 0. The quantitative estimate of drug-likeness (QED) is 0.178. The molecule has 2 heterocycles. The monoisotopic (exact) mass is 652 g/mol. The molecule has 0 saturated carbocycles. The first kappa shape index (κ1) is 29.4. The van der Waals surface area contributed by atoms with Gasteiger partial charge in [-0.15, -0.1) is 0 Å². The van der Waals surface area contributed by atoms with Crippen LogP contribution < -0.4 is 0 Å². The molecule has 0 spiro atoms. The highest BCUT2D eigenvalue weighted by Crippen LogP contribution is 2.50. The molecule has 0 radical (unpaired) electrons. The topological polar surface area (TPSA) is 51.6 Å². The van der Waals surface area contributed by atoms with Crippen molar-refractivity contribution in [1.82, 2.24) is 19.9 Å². The maximum atomic E-state index is 4.92. The summed E-state index contributed by atoms with van der Waals surface area (Å²) in [5, 5.41) is 7.56. The Morgan fingerprint density at radius 3 is 1.67 bits per heavy atom. The number of benzene rings is 7. The molecule has 0 saturated heterocycles. The minimum absolute atomic E-state index is 0.0502. The van der Waals surface area contributed by atoms with Crippen molar-refractivity contribution in [3.8, 4) is 56.5 Å². The van der Waals surface area contributed by atoms with Gasteiger partial charge in [-0.25, -0.2) is 15.0 Å². The van der Waals surface area contributed by atoms with Crippen LogP contribution in [0, 0.1) is 0 Å². The molecule has 0 fully saturated rings. The Hall–Kier alpha value is -6.52. The van der Waals surface area contributed by atoms with E-state index in [1.165, 1.54) is 54.6 Å². The summed E-state index contributed by atoms with van der Waals surface area (Å²) in [5.74, 6) is 1.86. The molecular weight excluding hydrogens is 621 g/mol. The van der Waals surface area contributed by atoms with Gasteiger partial charge < -0.3 is 0 Å². The summed E-state index contributed by atoms with van der Waals surface area (Å²) >= 11 is 0. The molecule has 0 atom stereocenters. The molecule has 10 rings (SSSR count). The maximum Gasteiger partial charge on any atom is 0.165 e. The lowest BCUT2D eigenvalue weighted by atomic mass is 9.81. The Labute approximate surface area is 296 Å². The third kappa shape index (κ3) is 4.75. The van der Waals surface area contributed by atoms with E-state index in [1.807, 2.05) is 66.9 Å². The second kappa shape index (κ2) is 11.3. The number of aromatic nitrogens is 4. The van der Waals surface area contributed by atoms with Crippen LogP contribution in [0.5, 0.6) is 0 Å². The van der Waals surface area contributed by atoms with Crippen molar-refractivity contribution in [3.05, 3.63) is 169 Å². The molecule has 1 aliphatic rings. The molecule has 4 nitrogen and oxygen atoms in total. The fourth-order valence-electron chi connectivity index (χ4n) is 7.88. The highest BCUT2D eigenvalue weighted by Gasteiger charge is 2.35. The van der Waals surface area contributed by atoms with Crippen LogP contribution in [0.15, 0.2) is 158 Å². The van der Waals surface area contributed by atoms with Crippen LogP contribution in [0.4, 0.5) is 0 Å². The predicted octanol–water partition coefficient (Wildman–Crippen LogP) is 11.7. The van der Waals surface area contributed by atoms with E-state index in [0.717, 1.165) is 27.9 Å². The van der Waals surface area contributed by atoms with Crippen molar-refractivity contribution in [2.45, 2.75) is 19.3 Å². The van der Waals surface area contributed by atoms with Crippen LogP contribution in [0.25, 0.3) is 88.9 Å². The predicted molar refractivity (Wildman–Crippen MR) is 209 cm³/mol. The number of hydrogen-bond donors (Lipinski definition) is 0. The van der Waals surface area contributed by atoms with E-state index in [4.69, 9.17) is 19.9 Å². The standard InChI is InChI=1S/C47H32N4/c1-47(2)40-16-10-9-15-37(40)39-26-33-20-18-29-17-19-32-25-34(21-23-36(32)43(29)38(33)27-41(39)47)42-24-22-35(28-48-42)46-50-44(30-11-5-3-6-12-30)49-45(51-46)31-13-7-4-8-14-31/h3-28H,1-2H3. The van der Waals surface area contributed by atoms with Gasteiger partial charge >= 0.3 is 0 Å². The van der Waals surface area contributed by atoms with Crippen molar-refractivity contribution in [2.75, 3.05) is 0 Å². The minimum atomic E-state index is -0.0502. The van der Waals surface area contributed by atoms with Gasteiger partial charge in [0.05, 0.1) is 5.69 Å². The molecule has 2 aromatic heterocycles. The third-order valence-corrected chi connectivity index (χ3v) is 10.5. The molecule has 1 aliphatic carbocycles. The lowest BCUT2D eigenvalue weighted by Crippen LogP contribution is -2.14. The average Bonchev–Trinajstić information content (AvgIpc) is 3.42. The summed E-state index contributed by atoms with van der Waals surface area (Å²) in [6.45, 7) is 4.70. The zero-order valence-corrected chi connectivity index (χ0v) is 28.3. The SMILES string of the molecule is CC1(C)c2ccccc2-c2cc3ccc4ccc5cc(-c6ccc(-c7nc(-c8ccccc8)nc(-c8ccccc8)n7)cn6)ccc5c4c3cc21. The number of fused-ring (bicyclic) bond motifs is 8. The highest BCUT2D eigenvalue weighted by molar-refractivity contribution is 6.21. The minimum Gasteiger partial charge on any atom is -0.255 e. The lowest BCUT2D eigenvalue weighted by molar-refractivity contribution is 0.661. The van der Waals surface area contributed by atoms with Crippen LogP contribution in [0.2, 0.25) is 0 Å². The number of rotatable bonds is 4. The van der Waals surface area contributed by atoms with Crippen LogP contribution in [0.3, 0.4) is 0 Å². The molecule has 240 valence electrons. The fraction of sp³-hybridized carbons (Fsp3) is 0.0638. The molecule has 0 unspecified atom stereocenters. The van der Waals surface area contributed by atoms with Gasteiger partial charge in [-0.2, -0.15) is 0 Å². The Kier molecular flexibility index (Phi) is 6.49. The van der Waals surface area contributed by atoms with Crippen molar-refractivity contribution in [2.24, 2.45) is 0 Å². The first-order valence-corrected chi connectivity index (χ1v) is 17.4. The Bertz CT molecular complexity index is 2750. The van der Waals surface area contributed by atoms with E-state index in [9.17, 15) is 0 Å². The highest BCUT2D eigenvalue weighted by atomic mass is 15.0. The van der Waals surface area contributed by atoms with E-state index in [1.54, 1.807) is 0 Å². The van der Waals surface area contributed by atoms with Crippen molar-refractivity contribution < 1.29 is 0 Å². The summed E-state index contributed by atoms with van der Waals surface area (Å²) in [6.07, 6.45) is 1.87. The summed E-state index contributed by atoms with van der Waals surface area (Å²) in [7, 11) is 0. The number of pyridine rings is 1. The van der Waals surface area contributed by atoms with Gasteiger partial charge in [-0.05, 0) is 84.9 Å². The molecule has 4 heteroatoms. The van der Waals surface area contributed by atoms with Crippen molar-refractivity contribution >= 4 is 32.3 Å². The van der Waals surface area contributed by atoms with E-state index in [-0.39, 0.29) is 5.41 Å². The smallest absolute Gasteiger partial charge is 0.165 e. The molecule has 9 aromatic rings. The molecule has 0 N–H and O–H groups in total. The van der Waals surface area contributed by atoms with Crippen molar-refractivity contribution in [1.29, 1.82) is 0 Å². The summed E-state index contributed by atoms with van der Waals surface area (Å²) in [6, 6.07) is 53.6. The van der Waals surface area contributed by atoms with Gasteiger partial charge in [-0.3, -0.25) is 4.98 Å². The largest absolute Gasteiger partial charge is 0.255 e. The van der Waals surface area contributed by atoms with Gasteiger partial charge in [0.1, 0.15) is 0 Å². The van der Waals surface area contributed by atoms with E-state index in [2.05, 4.69) is 105 Å². The van der Waals surface area contributed by atoms with Gasteiger partial charge in [0.2, 0.25) is 0 Å². The van der Waals surface area contributed by atoms with Gasteiger partial charge in [0.25, 0.3) is 0 Å². The molecule has 0 amide bonds. The van der Waals surface area contributed by atoms with Crippen LogP contribution >= 0.6 is 0 Å². The second-order valence-corrected chi connectivity index (χ2v) is 13.9. The van der Waals surface area contributed by atoms with Crippen LogP contribution in [-0.2, 0) is 5.41 Å². The fourth-order valence-corrected chi connectivity index (χ4v) is 7.88. The van der Waals surface area contributed by atoms with Crippen LogP contribution in [-0.4, -0.2) is 19.9 Å². The zero-order valence-electron chi connectivity index (χ0n) is 28.3. The first-order valence-electron chi connectivity index (χ1n) is 17.4. The zero-order chi connectivity index (χ0) is 34.1. The van der Waals surface area contributed by atoms with Crippen molar-refractivity contribution in [3.63, 3.8) is 0 Å². The van der Waals surface area contributed by atoms with E-state index < -0.39 is 0 Å². The van der Waals surface area contributed by atoms with Gasteiger partial charge in [0.15, 0.2) is 17.5 Å². The van der Waals surface area contributed by atoms with Crippen LogP contribution in [0.1, 0.15) is 25.0 Å². The number of hydrogen-bond acceptors (Lipinski definition) is 4. The Balaban J connectivity index is 1.05. The third-order valence-electron chi connectivity index (χ3n) is 10.5. The Morgan fingerprint density at radius 1 is 0.412 bits per heavy atom. The maximum absolute atomic E-state index is 4.92. The Morgan fingerprint density at radius 2 is 1.00 bits per heavy atom. The van der Waals surface area contributed by atoms with Gasteiger partial charge in [-0.1, -0.05) is 135 Å². The van der Waals surface area contributed by atoms with Gasteiger partial charge in [0, 0.05) is 33.9 Å². The normalized spacial score (nSPS) is 13.1. The molecule has 0 aliphatic heterocycles. The van der Waals surface area contributed by atoms with E-state index in [0.29, 0.717) is 17.5 Å². The molecule has 0 bridgehead atoms. The molecular formula is C47H32N4. The van der Waals surface area contributed by atoms with E-state index >= 15 is 0 Å².